The van der Waals surface area contributed by atoms with Crippen molar-refractivity contribution in [3.63, 3.8) is 0 Å². The van der Waals surface area contributed by atoms with Gasteiger partial charge in [-0.15, -0.1) is 0 Å². The van der Waals surface area contributed by atoms with Crippen LogP contribution < -0.4 is 0 Å². The highest BCUT2D eigenvalue weighted by Crippen LogP contribution is 2.35. The molecule has 2 atom stereocenters. The lowest BCUT2D eigenvalue weighted by Gasteiger charge is -2.20. The van der Waals surface area contributed by atoms with Gasteiger partial charge >= 0.3 is 0 Å². The fourth-order valence-electron chi connectivity index (χ4n) is 3.44. The van der Waals surface area contributed by atoms with E-state index in [4.69, 9.17) is 23.2 Å². The van der Waals surface area contributed by atoms with Crippen molar-refractivity contribution in [2.24, 2.45) is 0 Å². The van der Waals surface area contributed by atoms with Crippen LogP contribution in [0.2, 0.25) is 5.02 Å². The van der Waals surface area contributed by atoms with E-state index in [2.05, 4.69) is 6.92 Å². The molecule has 1 aromatic carbocycles. The summed E-state index contributed by atoms with van der Waals surface area (Å²) in [5.41, 5.74) is 1.37. The normalized spacial score (nSPS) is 13.6. The molecule has 0 aliphatic heterocycles. The van der Waals surface area contributed by atoms with Gasteiger partial charge in [0.1, 0.15) is 0 Å². The number of carbonyl (C=O) groups is 1. The average Bonchev–Trinajstić information content (AvgIpc) is 2.60. The topological polar surface area (TPSA) is 37.3 Å². The Hall–Kier alpha value is -0.570. The average molecular weight is 401 g/mol. The fourth-order valence-corrected chi connectivity index (χ4v) is 4.01. The molecule has 0 saturated carbocycles. The second-order valence-corrected chi connectivity index (χ2v) is 8.09. The second-order valence-electron chi connectivity index (χ2n) is 7.37. The zero-order chi connectivity index (χ0) is 19.4. The van der Waals surface area contributed by atoms with Crippen molar-refractivity contribution >= 4 is 28.4 Å². The number of aliphatic hydroxyl groups is 1. The van der Waals surface area contributed by atoms with Gasteiger partial charge in [0.15, 0.2) is 0 Å². The first kappa shape index (κ1) is 23.5. The predicted molar refractivity (Wildman–Crippen MR) is 113 cm³/mol. The lowest BCUT2D eigenvalue weighted by molar-refractivity contribution is 0.108. The van der Waals surface area contributed by atoms with Crippen molar-refractivity contribution in [3.05, 3.63) is 34.3 Å². The molecule has 0 heterocycles. The van der Waals surface area contributed by atoms with Crippen molar-refractivity contribution in [3.8, 4) is 0 Å². The zero-order valence-corrected chi connectivity index (χ0v) is 17.8. The molecule has 0 aromatic heterocycles. The molecule has 0 saturated heterocycles. The summed E-state index contributed by atoms with van der Waals surface area (Å²) < 4.78 is 0. The molecule has 4 heteroatoms. The van der Waals surface area contributed by atoms with Gasteiger partial charge in [-0.25, -0.2) is 0 Å². The Morgan fingerprint density at radius 3 is 2.19 bits per heavy atom. The summed E-state index contributed by atoms with van der Waals surface area (Å²) >= 11 is 12.1. The number of aliphatic hydroxyl groups excluding tert-OH is 1. The van der Waals surface area contributed by atoms with E-state index in [1.807, 2.05) is 19.1 Å². The number of benzene rings is 1. The van der Waals surface area contributed by atoms with E-state index in [9.17, 15) is 9.90 Å². The molecule has 1 rings (SSSR count). The standard InChI is InChI=1S/C22H34Cl2O2/c1-3-4-5-6-7-8-9-10-12-18(16-15-17(2)25)19-13-11-14-20(21(19)23)22(24)26/h11,13-14,17-18,25H,3-10,12,15-16H2,1-2H3. The van der Waals surface area contributed by atoms with E-state index in [1.165, 1.54) is 44.9 Å². The van der Waals surface area contributed by atoms with E-state index in [0.717, 1.165) is 31.2 Å². The third-order valence-electron chi connectivity index (χ3n) is 5.02. The van der Waals surface area contributed by atoms with Gasteiger partial charge in [-0.1, -0.05) is 82.0 Å². The van der Waals surface area contributed by atoms with Crippen molar-refractivity contribution in [1.29, 1.82) is 0 Å². The summed E-state index contributed by atoms with van der Waals surface area (Å²) in [6, 6.07) is 5.51. The van der Waals surface area contributed by atoms with Gasteiger partial charge in [-0.05, 0) is 55.3 Å². The van der Waals surface area contributed by atoms with E-state index in [0.29, 0.717) is 10.6 Å². The number of hydrogen-bond acceptors (Lipinski definition) is 2. The van der Waals surface area contributed by atoms with E-state index < -0.39 is 5.24 Å². The molecule has 0 fully saturated rings. The second kappa shape index (κ2) is 13.6. The molecular weight excluding hydrogens is 367 g/mol. The SMILES string of the molecule is CCCCCCCCCCC(CCC(C)O)c1cccc(C(=O)Cl)c1Cl. The smallest absolute Gasteiger partial charge is 0.253 e. The van der Waals surface area contributed by atoms with Crippen LogP contribution in [-0.2, 0) is 0 Å². The Morgan fingerprint density at radius 1 is 1.00 bits per heavy atom. The monoisotopic (exact) mass is 400 g/mol. The summed E-state index contributed by atoms with van der Waals surface area (Å²) in [7, 11) is 0. The number of rotatable bonds is 14. The fraction of sp³-hybridized carbons (Fsp3) is 0.682. The Kier molecular flexibility index (Phi) is 12.3. The maximum Gasteiger partial charge on any atom is 0.253 e. The molecule has 1 N–H and O–H groups in total. The Bertz CT molecular complexity index is 529. The van der Waals surface area contributed by atoms with Crippen LogP contribution in [0.4, 0.5) is 0 Å². The van der Waals surface area contributed by atoms with E-state index >= 15 is 0 Å². The Labute approximate surface area is 169 Å². The van der Waals surface area contributed by atoms with Crippen LogP contribution in [0.3, 0.4) is 0 Å². The number of halogens is 2. The van der Waals surface area contributed by atoms with Crippen LogP contribution in [0.25, 0.3) is 0 Å². The first-order valence-electron chi connectivity index (χ1n) is 10.1. The summed E-state index contributed by atoms with van der Waals surface area (Å²) in [4.78, 5) is 11.6. The van der Waals surface area contributed by atoms with Crippen molar-refractivity contribution in [2.45, 2.75) is 96.5 Å². The number of carbonyl (C=O) groups excluding carboxylic acids is 1. The highest BCUT2D eigenvalue weighted by Gasteiger charge is 2.19. The Morgan fingerprint density at radius 2 is 1.62 bits per heavy atom. The highest BCUT2D eigenvalue weighted by molar-refractivity contribution is 6.68. The van der Waals surface area contributed by atoms with Gasteiger partial charge in [-0.3, -0.25) is 4.79 Å². The molecule has 0 radical (unpaired) electrons. The summed E-state index contributed by atoms with van der Waals surface area (Å²) in [6.45, 7) is 4.05. The first-order valence-corrected chi connectivity index (χ1v) is 10.9. The lowest BCUT2D eigenvalue weighted by atomic mass is 9.87. The molecule has 26 heavy (non-hydrogen) atoms. The molecule has 0 aliphatic carbocycles. The van der Waals surface area contributed by atoms with Crippen LogP contribution in [0.15, 0.2) is 18.2 Å². The van der Waals surface area contributed by atoms with Gasteiger partial charge in [0, 0.05) is 0 Å². The molecule has 0 aliphatic rings. The van der Waals surface area contributed by atoms with Gasteiger partial charge in [0.05, 0.1) is 16.7 Å². The van der Waals surface area contributed by atoms with Crippen molar-refractivity contribution in [1.82, 2.24) is 0 Å². The largest absolute Gasteiger partial charge is 0.393 e. The molecule has 1 aromatic rings. The zero-order valence-electron chi connectivity index (χ0n) is 16.3. The minimum Gasteiger partial charge on any atom is -0.393 e. The van der Waals surface area contributed by atoms with Crippen molar-refractivity contribution in [2.75, 3.05) is 0 Å². The van der Waals surface area contributed by atoms with E-state index in [1.54, 1.807) is 6.07 Å². The molecule has 0 bridgehead atoms. The third kappa shape index (κ3) is 8.88. The van der Waals surface area contributed by atoms with Gasteiger partial charge < -0.3 is 5.11 Å². The maximum atomic E-state index is 11.6. The number of hydrogen-bond donors (Lipinski definition) is 1. The predicted octanol–water partition coefficient (Wildman–Crippen LogP) is 7.49. The molecule has 2 nitrogen and oxygen atoms in total. The van der Waals surface area contributed by atoms with Crippen molar-refractivity contribution < 1.29 is 9.90 Å². The Balaban J connectivity index is 2.60. The molecule has 148 valence electrons. The minimum absolute atomic E-state index is 0.258. The third-order valence-corrected chi connectivity index (χ3v) is 5.64. The summed E-state index contributed by atoms with van der Waals surface area (Å²) in [5.74, 6) is 0.258. The van der Waals surface area contributed by atoms with Gasteiger partial charge in [0.25, 0.3) is 5.24 Å². The van der Waals surface area contributed by atoms with Crippen LogP contribution >= 0.6 is 23.2 Å². The van der Waals surface area contributed by atoms with Crippen LogP contribution in [-0.4, -0.2) is 16.5 Å². The van der Waals surface area contributed by atoms with Crippen LogP contribution in [0.1, 0.15) is 106 Å². The molecule has 2 unspecified atom stereocenters. The molecular formula is C22H34Cl2O2. The summed E-state index contributed by atoms with van der Waals surface area (Å²) in [6.07, 6.45) is 12.6. The van der Waals surface area contributed by atoms with Gasteiger partial charge in [-0.2, -0.15) is 0 Å². The number of unbranched alkanes of at least 4 members (excludes halogenated alkanes) is 7. The molecule has 0 spiro atoms. The summed E-state index contributed by atoms with van der Waals surface area (Å²) in [5, 5.41) is 9.62. The van der Waals surface area contributed by atoms with E-state index in [-0.39, 0.29) is 12.0 Å². The van der Waals surface area contributed by atoms with Crippen LogP contribution in [0, 0.1) is 0 Å². The van der Waals surface area contributed by atoms with Crippen LogP contribution in [0.5, 0.6) is 0 Å². The minimum atomic E-state index is -0.516. The lowest BCUT2D eigenvalue weighted by Crippen LogP contribution is -2.07. The molecule has 0 amide bonds. The quantitative estimate of drug-likeness (QED) is 0.259. The first-order chi connectivity index (χ1) is 12.5. The highest BCUT2D eigenvalue weighted by atomic mass is 35.5. The van der Waals surface area contributed by atoms with Gasteiger partial charge in [0.2, 0.25) is 0 Å². The maximum absolute atomic E-state index is 11.6.